The SMILES string of the molecule is CON(C)C(=O)C1CCCC(N(C)C(=O)OC(C)(C)C)C1. The molecular weight excluding hydrogens is 272 g/mol. The first-order valence-electron chi connectivity index (χ1n) is 7.43. The Bertz CT molecular complexity index is 378. The van der Waals surface area contributed by atoms with Gasteiger partial charge in [-0.05, 0) is 40.0 Å². The molecule has 0 heterocycles. The highest BCUT2D eigenvalue weighted by Crippen LogP contribution is 2.29. The van der Waals surface area contributed by atoms with Gasteiger partial charge >= 0.3 is 6.09 Å². The molecule has 1 aliphatic rings. The minimum absolute atomic E-state index is 0.0280. The van der Waals surface area contributed by atoms with E-state index in [0.29, 0.717) is 6.42 Å². The van der Waals surface area contributed by atoms with Crippen LogP contribution < -0.4 is 0 Å². The van der Waals surface area contributed by atoms with E-state index in [4.69, 9.17) is 9.57 Å². The van der Waals surface area contributed by atoms with E-state index in [1.165, 1.54) is 12.2 Å². The number of hydrogen-bond donors (Lipinski definition) is 0. The highest BCUT2D eigenvalue weighted by atomic mass is 16.7. The topological polar surface area (TPSA) is 59.1 Å². The summed E-state index contributed by atoms with van der Waals surface area (Å²) in [6.45, 7) is 5.54. The van der Waals surface area contributed by atoms with Crippen LogP contribution >= 0.6 is 0 Å². The van der Waals surface area contributed by atoms with Crippen LogP contribution in [0.1, 0.15) is 46.5 Å². The molecule has 0 aromatic carbocycles. The lowest BCUT2D eigenvalue weighted by molar-refractivity contribution is -0.175. The molecule has 0 saturated heterocycles. The lowest BCUT2D eigenvalue weighted by Gasteiger charge is -2.36. The molecule has 1 aliphatic carbocycles. The summed E-state index contributed by atoms with van der Waals surface area (Å²) >= 11 is 0. The van der Waals surface area contributed by atoms with Crippen LogP contribution in [-0.2, 0) is 14.4 Å². The molecule has 0 aromatic heterocycles. The van der Waals surface area contributed by atoms with Gasteiger partial charge in [-0.1, -0.05) is 6.42 Å². The lowest BCUT2D eigenvalue weighted by atomic mass is 9.84. The number of carbonyl (C=O) groups is 2. The molecule has 0 spiro atoms. The van der Waals surface area contributed by atoms with Gasteiger partial charge < -0.3 is 9.64 Å². The molecule has 2 amide bonds. The van der Waals surface area contributed by atoms with Crippen molar-refractivity contribution in [2.75, 3.05) is 21.2 Å². The zero-order chi connectivity index (χ0) is 16.2. The quantitative estimate of drug-likeness (QED) is 0.751. The van der Waals surface area contributed by atoms with Crippen molar-refractivity contribution in [2.45, 2.75) is 58.1 Å². The average molecular weight is 300 g/mol. The molecule has 122 valence electrons. The zero-order valence-electron chi connectivity index (χ0n) is 14.0. The van der Waals surface area contributed by atoms with Crippen molar-refractivity contribution in [3.63, 3.8) is 0 Å². The third-order valence-corrected chi connectivity index (χ3v) is 3.81. The summed E-state index contributed by atoms with van der Waals surface area (Å²) in [6.07, 6.45) is 2.98. The molecule has 6 heteroatoms. The predicted octanol–water partition coefficient (Wildman–Crippen LogP) is 2.43. The maximum absolute atomic E-state index is 12.2. The zero-order valence-corrected chi connectivity index (χ0v) is 14.0. The van der Waals surface area contributed by atoms with Crippen LogP contribution in [0.15, 0.2) is 0 Å². The van der Waals surface area contributed by atoms with Gasteiger partial charge in [0.15, 0.2) is 0 Å². The number of carbonyl (C=O) groups excluding carboxylic acids is 2. The fraction of sp³-hybridized carbons (Fsp3) is 0.867. The summed E-state index contributed by atoms with van der Waals surface area (Å²) in [5, 5.41) is 1.26. The number of rotatable bonds is 3. The first kappa shape index (κ1) is 17.8. The van der Waals surface area contributed by atoms with E-state index < -0.39 is 5.60 Å². The van der Waals surface area contributed by atoms with Gasteiger partial charge in [-0.3, -0.25) is 9.63 Å². The van der Waals surface area contributed by atoms with Crippen LogP contribution in [0, 0.1) is 5.92 Å². The van der Waals surface area contributed by atoms with Crippen LogP contribution in [0.5, 0.6) is 0 Å². The Morgan fingerprint density at radius 3 is 2.29 bits per heavy atom. The van der Waals surface area contributed by atoms with Crippen LogP contribution in [0.3, 0.4) is 0 Å². The van der Waals surface area contributed by atoms with Crippen molar-refractivity contribution in [2.24, 2.45) is 5.92 Å². The van der Waals surface area contributed by atoms with E-state index in [9.17, 15) is 9.59 Å². The molecule has 1 fully saturated rings. The molecule has 0 radical (unpaired) electrons. The van der Waals surface area contributed by atoms with Gasteiger partial charge in [-0.15, -0.1) is 0 Å². The van der Waals surface area contributed by atoms with Crippen molar-refractivity contribution >= 4 is 12.0 Å². The van der Waals surface area contributed by atoms with Gasteiger partial charge in [0.25, 0.3) is 0 Å². The average Bonchev–Trinajstić information content (AvgIpc) is 2.43. The Morgan fingerprint density at radius 1 is 1.14 bits per heavy atom. The van der Waals surface area contributed by atoms with E-state index in [1.807, 2.05) is 20.8 Å². The minimum atomic E-state index is -0.508. The number of hydrogen-bond acceptors (Lipinski definition) is 4. The second kappa shape index (κ2) is 7.11. The number of hydroxylamine groups is 2. The molecule has 0 N–H and O–H groups in total. The monoisotopic (exact) mass is 300 g/mol. The van der Waals surface area contributed by atoms with Crippen molar-refractivity contribution < 1.29 is 19.2 Å². The second-order valence-corrected chi connectivity index (χ2v) is 6.63. The van der Waals surface area contributed by atoms with Crippen molar-refractivity contribution in [3.8, 4) is 0 Å². The van der Waals surface area contributed by atoms with Gasteiger partial charge in [0.05, 0.1) is 7.11 Å². The highest BCUT2D eigenvalue weighted by molar-refractivity contribution is 5.78. The fourth-order valence-electron chi connectivity index (χ4n) is 2.57. The van der Waals surface area contributed by atoms with E-state index in [2.05, 4.69) is 0 Å². The molecule has 21 heavy (non-hydrogen) atoms. The molecule has 1 rings (SSSR count). The maximum atomic E-state index is 12.2. The third-order valence-electron chi connectivity index (χ3n) is 3.81. The van der Waals surface area contributed by atoms with E-state index >= 15 is 0 Å². The highest BCUT2D eigenvalue weighted by Gasteiger charge is 2.34. The second-order valence-electron chi connectivity index (χ2n) is 6.63. The normalized spacial score (nSPS) is 22.6. The Labute approximate surface area is 127 Å². The fourth-order valence-corrected chi connectivity index (χ4v) is 2.57. The van der Waals surface area contributed by atoms with Crippen LogP contribution in [0.4, 0.5) is 4.79 Å². The molecule has 2 atom stereocenters. The maximum Gasteiger partial charge on any atom is 0.410 e. The molecule has 0 aliphatic heterocycles. The summed E-state index contributed by atoms with van der Waals surface area (Å²) < 4.78 is 5.38. The smallest absolute Gasteiger partial charge is 0.410 e. The molecule has 0 bridgehead atoms. The van der Waals surface area contributed by atoms with Crippen LogP contribution in [-0.4, -0.2) is 54.8 Å². The predicted molar refractivity (Wildman–Crippen MR) is 79.5 cm³/mol. The summed E-state index contributed by atoms with van der Waals surface area (Å²) in [7, 11) is 4.83. The van der Waals surface area contributed by atoms with E-state index in [1.54, 1.807) is 19.0 Å². The van der Waals surface area contributed by atoms with Gasteiger partial charge in [0.2, 0.25) is 5.91 Å². The molecule has 6 nitrogen and oxygen atoms in total. The molecular formula is C15H28N2O4. The summed E-state index contributed by atoms with van der Waals surface area (Å²) in [6, 6.07) is 0.0350. The minimum Gasteiger partial charge on any atom is -0.444 e. The Morgan fingerprint density at radius 2 is 1.76 bits per heavy atom. The number of ether oxygens (including phenoxy) is 1. The van der Waals surface area contributed by atoms with Crippen molar-refractivity contribution in [1.82, 2.24) is 9.96 Å². The van der Waals surface area contributed by atoms with E-state index in [-0.39, 0.29) is 24.0 Å². The van der Waals surface area contributed by atoms with E-state index in [0.717, 1.165) is 19.3 Å². The standard InChI is InChI=1S/C15H28N2O4/c1-15(2,3)21-14(19)16(4)12-9-7-8-11(10-12)13(18)17(5)20-6/h11-12H,7-10H2,1-6H3. The van der Waals surface area contributed by atoms with Crippen LogP contribution in [0.25, 0.3) is 0 Å². The van der Waals surface area contributed by atoms with Gasteiger partial charge in [0.1, 0.15) is 5.60 Å². The van der Waals surface area contributed by atoms with Gasteiger partial charge in [-0.25, -0.2) is 9.86 Å². The number of amides is 2. The largest absolute Gasteiger partial charge is 0.444 e. The Balaban J connectivity index is 2.63. The molecule has 2 unspecified atom stereocenters. The Hall–Kier alpha value is -1.30. The van der Waals surface area contributed by atoms with Crippen molar-refractivity contribution in [1.29, 1.82) is 0 Å². The number of nitrogens with zero attached hydrogens (tertiary/aromatic N) is 2. The van der Waals surface area contributed by atoms with Crippen molar-refractivity contribution in [3.05, 3.63) is 0 Å². The third kappa shape index (κ3) is 5.19. The van der Waals surface area contributed by atoms with Crippen LogP contribution in [0.2, 0.25) is 0 Å². The summed E-state index contributed by atoms with van der Waals surface area (Å²) in [5.74, 6) is -0.127. The Kier molecular flexibility index (Phi) is 6.01. The molecule has 0 aromatic rings. The summed E-state index contributed by atoms with van der Waals surface area (Å²) in [4.78, 5) is 30.8. The lowest BCUT2D eigenvalue weighted by Crippen LogP contribution is -2.45. The summed E-state index contributed by atoms with van der Waals surface area (Å²) in [5.41, 5.74) is -0.508. The first-order valence-corrected chi connectivity index (χ1v) is 7.43. The first-order chi connectivity index (χ1) is 9.65. The van der Waals surface area contributed by atoms with Gasteiger partial charge in [-0.2, -0.15) is 0 Å². The van der Waals surface area contributed by atoms with Gasteiger partial charge in [0, 0.05) is 26.1 Å². The molecule has 1 saturated carbocycles.